The first-order valence-electron chi connectivity index (χ1n) is 17.9. The largest absolute Gasteiger partial charge is 0.559 e. The highest BCUT2D eigenvalue weighted by Gasteiger charge is 2.25. The van der Waals surface area contributed by atoms with Gasteiger partial charge in [-0.1, -0.05) is 126 Å². The summed E-state index contributed by atoms with van der Waals surface area (Å²) in [6.45, 7) is 13.5. The van der Waals surface area contributed by atoms with Crippen molar-refractivity contribution in [3.8, 4) is 28.7 Å². The second-order valence-corrected chi connectivity index (χ2v) is 15.0. The molecule has 0 saturated heterocycles. The third-order valence-electron chi connectivity index (χ3n) is 10.7. The molecule has 0 aliphatic carbocycles. The van der Waals surface area contributed by atoms with Gasteiger partial charge in [0.15, 0.2) is 0 Å². The fourth-order valence-electron chi connectivity index (χ4n) is 6.68. The van der Waals surface area contributed by atoms with E-state index in [0.29, 0.717) is 7.48 Å². The molecule has 0 aliphatic heterocycles. The molecule has 264 valence electrons. The van der Waals surface area contributed by atoms with Crippen LogP contribution in [0, 0.1) is 0 Å². The minimum atomic E-state index is -0.181. The highest BCUT2D eigenvalue weighted by molar-refractivity contribution is 6.47. The van der Waals surface area contributed by atoms with E-state index in [1.54, 1.807) is 14.2 Å². The molecule has 0 N–H and O–H groups in total. The molecule has 0 aromatic heterocycles. The van der Waals surface area contributed by atoms with Crippen LogP contribution in [0.3, 0.4) is 0 Å². The van der Waals surface area contributed by atoms with Gasteiger partial charge in [-0.05, 0) is 99.5 Å². The molecular formula is C47H49BO4. The van der Waals surface area contributed by atoms with Gasteiger partial charge in [0.05, 0.1) is 20.0 Å². The van der Waals surface area contributed by atoms with Gasteiger partial charge >= 0.3 is 7.48 Å². The zero-order valence-electron chi connectivity index (χ0n) is 31.7. The summed E-state index contributed by atoms with van der Waals surface area (Å²) < 4.78 is 23.1. The average molecular weight is 689 g/mol. The molecule has 0 saturated carbocycles. The molecule has 0 radical (unpaired) electrons. The zero-order chi connectivity index (χ0) is 36.9. The van der Waals surface area contributed by atoms with Crippen LogP contribution < -0.4 is 24.3 Å². The standard InChI is InChI=1S/C47H49BO4/c1-45(2,36-15-27-42(28-16-36)51-43-29-17-37(18-30-43)46(3,4)34-11-23-40(49-7)24-12-34)33-9-21-39(22-10-33)48-52-44-31-19-38(20-32-44)47(5,6)35-13-25-41(50-8)26-14-35/h9-32,48H,1-8H3. The van der Waals surface area contributed by atoms with Crippen molar-refractivity contribution in [3.05, 3.63) is 179 Å². The maximum atomic E-state index is 6.25. The number of ether oxygens (including phenoxy) is 3. The van der Waals surface area contributed by atoms with Crippen LogP contribution in [0.2, 0.25) is 0 Å². The van der Waals surface area contributed by atoms with E-state index in [1.165, 1.54) is 33.4 Å². The van der Waals surface area contributed by atoms with Gasteiger partial charge in [0.1, 0.15) is 23.0 Å². The van der Waals surface area contributed by atoms with Crippen LogP contribution in [-0.4, -0.2) is 21.7 Å². The average Bonchev–Trinajstić information content (AvgIpc) is 3.18. The lowest BCUT2D eigenvalue weighted by molar-refractivity contribution is 0.414. The van der Waals surface area contributed by atoms with Crippen LogP contribution in [0.5, 0.6) is 28.7 Å². The van der Waals surface area contributed by atoms with Gasteiger partial charge in [0, 0.05) is 16.2 Å². The van der Waals surface area contributed by atoms with Crippen LogP contribution in [0.1, 0.15) is 74.9 Å². The Morgan fingerprint density at radius 1 is 0.327 bits per heavy atom. The molecule has 6 aromatic carbocycles. The van der Waals surface area contributed by atoms with Gasteiger partial charge in [-0.15, -0.1) is 0 Å². The summed E-state index contributed by atoms with van der Waals surface area (Å²) in [5.74, 6) is 4.21. The molecule has 52 heavy (non-hydrogen) atoms. The summed E-state index contributed by atoms with van der Waals surface area (Å²) in [4.78, 5) is 0. The Hall–Kier alpha value is -5.42. The van der Waals surface area contributed by atoms with Gasteiger partial charge in [-0.2, -0.15) is 0 Å². The highest BCUT2D eigenvalue weighted by Crippen LogP contribution is 2.36. The number of hydrogen-bond acceptors (Lipinski definition) is 4. The first kappa shape index (κ1) is 36.4. The molecule has 0 atom stereocenters. The molecule has 0 spiro atoms. The Morgan fingerprint density at radius 3 is 0.865 bits per heavy atom. The molecule has 6 aromatic rings. The normalized spacial score (nSPS) is 11.8. The lowest BCUT2D eigenvalue weighted by Gasteiger charge is -2.27. The van der Waals surface area contributed by atoms with Crippen molar-refractivity contribution in [3.63, 3.8) is 0 Å². The molecule has 0 bridgehead atoms. The van der Waals surface area contributed by atoms with Gasteiger partial charge in [0.2, 0.25) is 0 Å². The van der Waals surface area contributed by atoms with Crippen molar-refractivity contribution >= 4 is 12.9 Å². The fourth-order valence-corrected chi connectivity index (χ4v) is 6.68. The Kier molecular flexibility index (Phi) is 10.5. The Morgan fingerprint density at radius 2 is 0.577 bits per heavy atom. The van der Waals surface area contributed by atoms with Gasteiger partial charge in [-0.3, -0.25) is 0 Å². The third-order valence-corrected chi connectivity index (χ3v) is 10.7. The summed E-state index contributed by atoms with van der Waals surface area (Å²) >= 11 is 0. The van der Waals surface area contributed by atoms with E-state index in [0.717, 1.165) is 34.2 Å². The molecule has 0 heterocycles. The minimum absolute atomic E-state index is 0.135. The predicted molar refractivity (Wildman–Crippen MR) is 216 cm³/mol. The van der Waals surface area contributed by atoms with Gasteiger partial charge in [-0.25, -0.2) is 0 Å². The molecule has 5 heteroatoms. The van der Waals surface area contributed by atoms with E-state index in [2.05, 4.69) is 151 Å². The smallest absolute Gasteiger partial charge is 0.373 e. The first-order valence-corrected chi connectivity index (χ1v) is 17.9. The van der Waals surface area contributed by atoms with Crippen LogP contribution in [0.4, 0.5) is 0 Å². The lowest BCUT2D eigenvalue weighted by atomic mass is 9.76. The van der Waals surface area contributed by atoms with Gasteiger partial charge < -0.3 is 18.9 Å². The summed E-state index contributed by atoms with van der Waals surface area (Å²) in [6, 6.07) is 50.5. The summed E-state index contributed by atoms with van der Waals surface area (Å²) in [5.41, 5.74) is 8.05. The van der Waals surface area contributed by atoms with Crippen LogP contribution in [0.25, 0.3) is 0 Å². The number of hydrogen-bond donors (Lipinski definition) is 0. The van der Waals surface area contributed by atoms with Crippen LogP contribution in [-0.2, 0) is 16.2 Å². The van der Waals surface area contributed by atoms with E-state index in [1.807, 2.05) is 36.4 Å². The van der Waals surface area contributed by atoms with Crippen molar-refractivity contribution in [2.45, 2.75) is 57.8 Å². The molecule has 0 amide bonds. The van der Waals surface area contributed by atoms with E-state index in [4.69, 9.17) is 18.9 Å². The van der Waals surface area contributed by atoms with E-state index < -0.39 is 0 Å². The Balaban J connectivity index is 1.04. The summed E-state index contributed by atoms with van der Waals surface area (Å²) in [7, 11) is 3.89. The Bertz CT molecular complexity index is 2040. The maximum absolute atomic E-state index is 6.25. The quantitative estimate of drug-likeness (QED) is 0.113. The summed E-state index contributed by atoms with van der Waals surface area (Å²) in [5, 5.41) is 0. The number of benzene rings is 6. The van der Waals surface area contributed by atoms with Crippen molar-refractivity contribution in [2.24, 2.45) is 0 Å². The molecule has 6 rings (SSSR count). The third kappa shape index (κ3) is 7.89. The van der Waals surface area contributed by atoms with Crippen molar-refractivity contribution in [2.75, 3.05) is 14.2 Å². The minimum Gasteiger partial charge on any atom is -0.559 e. The SMILES string of the molecule is COc1ccc(C(C)(C)c2ccc(OBc3ccc(C(C)(C)c4ccc(Oc5ccc(C(C)(C)c6ccc(OC)cc6)cc5)cc4)cc3)cc2)cc1. The first-order chi connectivity index (χ1) is 24.9. The van der Waals surface area contributed by atoms with Crippen molar-refractivity contribution in [1.82, 2.24) is 0 Å². The molecule has 4 nitrogen and oxygen atoms in total. The predicted octanol–water partition coefficient (Wildman–Crippen LogP) is 10.5. The monoisotopic (exact) mass is 688 g/mol. The van der Waals surface area contributed by atoms with E-state index >= 15 is 0 Å². The van der Waals surface area contributed by atoms with Crippen LogP contribution >= 0.6 is 0 Å². The van der Waals surface area contributed by atoms with E-state index in [-0.39, 0.29) is 16.2 Å². The van der Waals surface area contributed by atoms with Gasteiger partial charge in [0.25, 0.3) is 0 Å². The highest BCUT2D eigenvalue weighted by atomic mass is 16.5. The second kappa shape index (κ2) is 15.1. The molecule has 0 aliphatic rings. The molecule has 0 fully saturated rings. The number of rotatable bonds is 13. The molecular weight excluding hydrogens is 639 g/mol. The van der Waals surface area contributed by atoms with E-state index in [9.17, 15) is 0 Å². The lowest BCUT2D eigenvalue weighted by Crippen LogP contribution is -2.23. The fraction of sp³-hybridized carbons (Fsp3) is 0.234. The molecule has 0 unspecified atom stereocenters. The van der Waals surface area contributed by atoms with Crippen molar-refractivity contribution in [1.29, 1.82) is 0 Å². The Labute approximate surface area is 310 Å². The summed E-state index contributed by atoms with van der Waals surface area (Å²) in [6.07, 6.45) is 0. The second-order valence-electron chi connectivity index (χ2n) is 15.0. The maximum Gasteiger partial charge on any atom is 0.373 e. The number of methoxy groups -OCH3 is 2. The zero-order valence-corrected chi connectivity index (χ0v) is 31.7. The van der Waals surface area contributed by atoms with Crippen molar-refractivity contribution < 1.29 is 18.9 Å². The van der Waals surface area contributed by atoms with Crippen LogP contribution in [0.15, 0.2) is 146 Å². The topological polar surface area (TPSA) is 36.9 Å².